The number of nitrogens with one attached hydrogen (secondary N) is 1. The zero-order valence-electron chi connectivity index (χ0n) is 11.1. The summed E-state index contributed by atoms with van der Waals surface area (Å²) in [5.41, 5.74) is 4.02. The lowest BCUT2D eigenvalue weighted by molar-refractivity contribution is 0.582. The van der Waals surface area contributed by atoms with Gasteiger partial charge in [0.05, 0.1) is 5.69 Å². The van der Waals surface area contributed by atoms with Crippen molar-refractivity contribution < 1.29 is 0 Å². The minimum Gasteiger partial charge on any atom is -0.317 e. The Morgan fingerprint density at radius 2 is 2.00 bits per heavy atom. The Hall–Kier alpha value is -0.830. The lowest BCUT2D eigenvalue weighted by Crippen LogP contribution is -2.14. The number of aryl methyl sites for hydroxylation is 2. The minimum atomic E-state index is 1.04. The van der Waals surface area contributed by atoms with E-state index < -0.39 is 0 Å². The van der Waals surface area contributed by atoms with Gasteiger partial charge in [-0.15, -0.1) is 0 Å². The van der Waals surface area contributed by atoms with Crippen LogP contribution in [0.15, 0.2) is 0 Å². The minimum absolute atomic E-state index is 1.04. The molecule has 1 aromatic rings. The van der Waals surface area contributed by atoms with E-state index in [2.05, 4.69) is 42.8 Å². The predicted molar refractivity (Wildman–Crippen MR) is 68.9 cm³/mol. The first-order chi connectivity index (χ1) is 7.70. The zero-order chi connectivity index (χ0) is 12.0. The lowest BCUT2D eigenvalue weighted by atomic mass is 10.1. The molecule has 0 saturated heterocycles. The van der Waals surface area contributed by atoms with Crippen molar-refractivity contribution in [2.24, 2.45) is 0 Å². The molecule has 0 fully saturated rings. The van der Waals surface area contributed by atoms with Gasteiger partial charge in [-0.1, -0.05) is 13.8 Å². The molecule has 0 amide bonds. The van der Waals surface area contributed by atoms with Crippen LogP contribution in [0.2, 0.25) is 0 Å². The van der Waals surface area contributed by atoms with E-state index >= 15 is 0 Å². The van der Waals surface area contributed by atoms with Crippen molar-refractivity contribution in [3.8, 4) is 0 Å². The van der Waals surface area contributed by atoms with Crippen LogP contribution in [0.3, 0.4) is 0 Å². The van der Waals surface area contributed by atoms with Crippen molar-refractivity contribution in [1.29, 1.82) is 0 Å². The van der Waals surface area contributed by atoms with Gasteiger partial charge in [-0.3, -0.25) is 4.68 Å². The fourth-order valence-electron chi connectivity index (χ4n) is 2.09. The van der Waals surface area contributed by atoms with Gasteiger partial charge in [0.25, 0.3) is 0 Å². The van der Waals surface area contributed by atoms with Gasteiger partial charge in [0.2, 0.25) is 0 Å². The third-order valence-electron chi connectivity index (χ3n) is 3.00. The zero-order valence-corrected chi connectivity index (χ0v) is 11.1. The summed E-state index contributed by atoms with van der Waals surface area (Å²) in [6.07, 6.45) is 3.50. The summed E-state index contributed by atoms with van der Waals surface area (Å²) in [6.45, 7) is 11.9. The van der Waals surface area contributed by atoms with Gasteiger partial charge >= 0.3 is 0 Å². The molecule has 0 spiro atoms. The maximum absolute atomic E-state index is 4.60. The molecule has 92 valence electrons. The van der Waals surface area contributed by atoms with Gasteiger partial charge < -0.3 is 5.32 Å². The van der Waals surface area contributed by atoms with Crippen molar-refractivity contribution in [3.05, 3.63) is 17.0 Å². The molecule has 0 aromatic carbocycles. The molecule has 0 aliphatic carbocycles. The van der Waals surface area contributed by atoms with Gasteiger partial charge in [-0.2, -0.15) is 5.10 Å². The second-order valence-electron chi connectivity index (χ2n) is 4.33. The van der Waals surface area contributed by atoms with Gasteiger partial charge in [0.1, 0.15) is 0 Å². The quantitative estimate of drug-likeness (QED) is 0.720. The van der Waals surface area contributed by atoms with Gasteiger partial charge in [-0.25, -0.2) is 0 Å². The average Bonchev–Trinajstić information content (AvgIpc) is 2.52. The average molecular weight is 223 g/mol. The van der Waals surface area contributed by atoms with Crippen LogP contribution < -0.4 is 5.32 Å². The van der Waals surface area contributed by atoms with Crippen LogP contribution >= 0.6 is 0 Å². The van der Waals surface area contributed by atoms with Crippen molar-refractivity contribution in [1.82, 2.24) is 15.1 Å². The predicted octanol–water partition coefficient (Wildman–Crippen LogP) is 2.45. The molecule has 0 radical (unpaired) electrons. The normalized spacial score (nSPS) is 11.0. The second kappa shape index (κ2) is 6.69. The van der Waals surface area contributed by atoms with E-state index in [4.69, 9.17) is 0 Å². The summed E-state index contributed by atoms with van der Waals surface area (Å²) < 4.78 is 2.15. The van der Waals surface area contributed by atoms with Crippen molar-refractivity contribution >= 4 is 0 Å². The Morgan fingerprint density at radius 1 is 1.25 bits per heavy atom. The van der Waals surface area contributed by atoms with Crippen molar-refractivity contribution in [2.45, 2.75) is 53.5 Å². The highest BCUT2D eigenvalue weighted by molar-refractivity contribution is 5.24. The first-order valence-corrected chi connectivity index (χ1v) is 6.44. The fraction of sp³-hybridized carbons (Fsp3) is 0.769. The summed E-state index contributed by atoms with van der Waals surface area (Å²) in [4.78, 5) is 0. The topological polar surface area (TPSA) is 29.9 Å². The highest BCUT2D eigenvalue weighted by Crippen LogP contribution is 2.15. The highest BCUT2D eigenvalue weighted by Gasteiger charge is 2.09. The van der Waals surface area contributed by atoms with E-state index in [1.54, 1.807) is 0 Å². The Labute approximate surface area is 99.2 Å². The number of rotatable bonds is 7. The van der Waals surface area contributed by atoms with Crippen LogP contribution in [0, 0.1) is 13.8 Å². The maximum Gasteiger partial charge on any atom is 0.0628 e. The molecule has 3 heteroatoms. The first-order valence-electron chi connectivity index (χ1n) is 6.44. The number of aromatic nitrogens is 2. The molecule has 0 aliphatic heterocycles. The summed E-state index contributed by atoms with van der Waals surface area (Å²) >= 11 is 0. The SMILES string of the molecule is CCCn1nc(C)c(CCCNCC)c1C. The molecule has 1 rings (SSSR count). The Morgan fingerprint density at radius 3 is 2.62 bits per heavy atom. The molecule has 0 unspecified atom stereocenters. The van der Waals surface area contributed by atoms with Crippen LogP contribution in [-0.4, -0.2) is 22.9 Å². The first kappa shape index (κ1) is 13.2. The van der Waals surface area contributed by atoms with Crippen LogP contribution in [0.4, 0.5) is 0 Å². The van der Waals surface area contributed by atoms with Gasteiger partial charge in [0.15, 0.2) is 0 Å². The summed E-state index contributed by atoms with van der Waals surface area (Å²) in [7, 11) is 0. The Kier molecular flexibility index (Phi) is 5.53. The number of hydrogen-bond acceptors (Lipinski definition) is 2. The van der Waals surface area contributed by atoms with E-state index in [1.165, 1.54) is 23.4 Å². The van der Waals surface area contributed by atoms with Crippen LogP contribution in [0.1, 0.15) is 43.6 Å². The molecule has 0 aliphatic rings. The van der Waals surface area contributed by atoms with E-state index in [0.29, 0.717) is 0 Å². The Balaban J connectivity index is 2.57. The molecule has 0 atom stereocenters. The van der Waals surface area contributed by atoms with Crippen molar-refractivity contribution in [3.63, 3.8) is 0 Å². The van der Waals surface area contributed by atoms with Gasteiger partial charge in [0, 0.05) is 12.2 Å². The van der Waals surface area contributed by atoms with E-state index in [0.717, 1.165) is 32.5 Å². The molecule has 16 heavy (non-hydrogen) atoms. The molecule has 3 nitrogen and oxygen atoms in total. The Bertz CT molecular complexity index is 315. The van der Waals surface area contributed by atoms with E-state index in [-0.39, 0.29) is 0 Å². The van der Waals surface area contributed by atoms with Crippen LogP contribution in [0.5, 0.6) is 0 Å². The summed E-state index contributed by atoms with van der Waals surface area (Å²) in [6, 6.07) is 0. The molecule has 1 aromatic heterocycles. The molecule has 0 saturated carbocycles. The lowest BCUT2D eigenvalue weighted by Gasteiger charge is -2.04. The fourth-order valence-corrected chi connectivity index (χ4v) is 2.09. The standard InChI is InChI=1S/C13H25N3/c1-5-10-16-12(4)13(11(3)15-16)8-7-9-14-6-2/h14H,5-10H2,1-4H3. The maximum atomic E-state index is 4.60. The number of nitrogens with zero attached hydrogens (tertiary/aromatic N) is 2. The number of hydrogen-bond donors (Lipinski definition) is 1. The van der Waals surface area contributed by atoms with Crippen molar-refractivity contribution in [2.75, 3.05) is 13.1 Å². The molecule has 0 bridgehead atoms. The highest BCUT2D eigenvalue weighted by atomic mass is 15.3. The second-order valence-corrected chi connectivity index (χ2v) is 4.33. The largest absolute Gasteiger partial charge is 0.317 e. The van der Waals surface area contributed by atoms with E-state index in [9.17, 15) is 0 Å². The monoisotopic (exact) mass is 223 g/mol. The molecule has 1 heterocycles. The smallest absolute Gasteiger partial charge is 0.0628 e. The van der Waals surface area contributed by atoms with E-state index in [1.807, 2.05) is 0 Å². The molecule has 1 N–H and O–H groups in total. The molecular formula is C13H25N3. The summed E-state index contributed by atoms with van der Waals surface area (Å²) in [5, 5.41) is 7.96. The van der Waals surface area contributed by atoms with Crippen LogP contribution in [0.25, 0.3) is 0 Å². The third-order valence-corrected chi connectivity index (χ3v) is 3.00. The molecular weight excluding hydrogens is 198 g/mol. The third kappa shape index (κ3) is 3.34. The van der Waals surface area contributed by atoms with Gasteiger partial charge in [-0.05, 0) is 51.8 Å². The van der Waals surface area contributed by atoms with Crippen LogP contribution in [-0.2, 0) is 13.0 Å². The summed E-state index contributed by atoms with van der Waals surface area (Å²) in [5.74, 6) is 0.